The Morgan fingerprint density at radius 3 is 2.26 bits per heavy atom. The average molecular weight is 359 g/mol. The number of nitrogens with two attached hydrogens (primary N) is 1. The Labute approximate surface area is 132 Å². The number of hydrogen-bond donors (Lipinski definition) is 2. The Morgan fingerprint density at radius 2 is 1.83 bits per heavy atom. The van der Waals surface area contributed by atoms with E-state index in [1.54, 1.807) is 0 Å². The third kappa shape index (κ3) is 4.56. The van der Waals surface area contributed by atoms with E-state index in [2.05, 4.69) is 0 Å². The van der Waals surface area contributed by atoms with Crippen LogP contribution in [0.2, 0.25) is 0 Å². The van der Waals surface area contributed by atoms with Gasteiger partial charge in [-0.05, 0) is 25.2 Å². The van der Waals surface area contributed by atoms with Gasteiger partial charge < -0.3 is 10.6 Å². The Morgan fingerprint density at radius 1 is 1.26 bits per heavy atom. The van der Waals surface area contributed by atoms with Crippen molar-refractivity contribution >= 4 is 21.8 Å². The first-order valence-corrected chi connectivity index (χ1v) is 8.55. The lowest BCUT2D eigenvalue weighted by Gasteiger charge is -2.37. The van der Waals surface area contributed by atoms with Crippen molar-refractivity contribution < 1.29 is 31.2 Å². The van der Waals surface area contributed by atoms with Crippen LogP contribution in [0, 0.1) is 5.92 Å². The van der Waals surface area contributed by atoms with Gasteiger partial charge >= 0.3 is 15.5 Å². The summed E-state index contributed by atoms with van der Waals surface area (Å²) in [6.07, 6.45) is 1.52. The Hall–Kier alpha value is -1.36. The minimum absolute atomic E-state index is 0.142. The number of amides is 2. The lowest BCUT2D eigenvalue weighted by molar-refractivity contribution is -0.143. The van der Waals surface area contributed by atoms with Crippen molar-refractivity contribution in [1.29, 1.82) is 0 Å². The molecule has 0 spiro atoms. The maximum atomic E-state index is 12.5. The number of sulfonamides is 1. The lowest BCUT2D eigenvalue weighted by atomic mass is 9.97. The van der Waals surface area contributed by atoms with Gasteiger partial charge in [-0.25, -0.2) is 8.42 Å². The normalized spacial score (nSPS) is 21.3. The predicted molar refractivity (Wildman–Crippen MR) is 75.3 cm³/mol. The molecule has 3 N–H and O–H groups in total. The first-order chi connectivity index (χ1) is 10.4. The quantitative estimate of drug-likeness (QED) is 0.736. The SMILES string of the molecule is CC(C)[C@H](NS(=O)(=O)C(F)(F)F)C(=O)N1CCCCC1C(N)=O. The number of halogens is 3. The number of piperidine rings is 1. The van der Waals surface area contributed by atoms with Gasteiger partial charge in [-0.2, -0.15) is 17.9 Å². The van der Waals surface area contributed by atoms with E-state index in [1.165, 1.54) is 18.6 Å². The molecule has 1 saturated heterocycles. The third-order valence-electron chi connectivity index (χ3n) is 3.63. The Kier molecular flexibility index (Phi) is 6.02. The standard InChI is InChI=1S/C12H20F3N3O4S/c1-7(2)9(17-23(21,22)12(13,14)15)11(20)18-6-4-3-5-8(18)10(16)19/h7-9,17H,3-6H2,1-2H3,(H2,16,19)/t8?,9-/m0/s1. The Bertz CT molecular complexity index is 562. The van der Waals surface area contributed by atoms with Gasteiger partial charge in [0.15, 0.2) is 0 Å². The van der Waals surface area contributed by atoms with Crippen LogP contribution in [0.5, 0.6) is 0 Å². The van der Waals surface area contributed by atoms with Crippen molar-refractivity contribution in [3.8, 4) is 0 Å². The molecule has 0 bridgehead atoms. The van der Waals surface area contributed by atoms with Gasteiger partial charge in [-0.3, -0.25) is 9.59 Å². The number of nitrogens with zero attached hydrogens (tertiary/aromatic N) is 1. The fourth-order valence-corrected chi connectivity index (χ4v) is 3.22. The predicted octanol–water partition coefficient (Wildman–Crippen LogP) is 0.317. The highest BCUT2D eigenvalue weighted by Crippen LogP contribution is 2.25. The van der Waals surface area contributed by atoms with E-state index in [4.69, 9.17) is 5.73 Å². The van der Waals surface area contributed by atoms with Gasteiger partial charge in [-0.1, -0.05) is 13.8 Å². The molecule has 0 aliphatic carbocycles. The summed E-state index contributed by atoms with van der Waals surface area (Å²) in [6.45, 7) is 2.96. The fraction of sp³-hybridized carbons (Fsp3) is 0.833. The molecule has 134 valence electrons. The van der Waals surface area contributed by atoms with Crippen LogP contribution in [0.4, 0.5) is 13.2 Å². The number of rotatable bonds is 5. The Balaban J connectivity index is 3.05. The minimum Gasteiger partial charge on any atom is -0.368 e. The molecule has 0 radical (unpaired) electrons. The number of likely N-dealkylation sites (tertiary alicyclic amines) is 1. The van der Waals surface area contributed by atoms with E-state index in [0.29, 0.717) is 19.3 Å². The topological polar surface area (TPSA) is 110 Å². The first kappa shape index (κ1) is 19.7. The highest BCUT2D eigenvalue weighted by Gasteiger charge is 2.49. The zero-order valence-electron chi connectivity index (χ0n) is 12.8. The first-order valence-electron chi connectivity index (χ1n) is 7.07. The van der Waals surface area contributed by atoms with Crippen LogP contribution in [-0.2, 0) is 19.6 Å². The van der Waals surface area contributed by atoms with Gasteiger partial charge in [0.1, 0.15) is 12.1 Å². The second-order valence-corrected chi connectivity index (χ2v) is 7.44. The van der Waals surface area contributed by atoms with Gasteiger partial charge in [0.25, 0.3) is 0 Å². The minimum atomic E-state index is -5.68. The van der Waals surface area contributed by atoms with Crippen molar-refractivity contribution in [2.45, 2.75) is 50.7 Å². The summed E-state index contributed by atoms with van der Waals surface area (Å²) in [5.74, 6) is -2.38. The second-order valence-electron chi connectivity index (χ2n) is 5.73. The summed E-state index contributed by atoms with van der Waals surface area (Å²) < 4.78 is 61.5. The van der Waals surface area contributed by atoms with Crippen molar-refractivity contribution in [3.63, 3.8) is 0 Å². The summed E-state index contributed by atoms with van der Waals surface area (Å²) in [7, 11) is -5.68. The number of carbonyl (C=O) groups excluding carboxylic acids is 2. The van der Waals surface area contributed by atoms with E-state index >= 15 is 0 Å². The highest BCUT2D eigenvalue weighted by atomic mass is 32.2. The molecule has 0 aromatic heterocycles. The van der Waals surface area contributed by atoms with E-state index in [9.17, 15) is 31.2 Å². The molecule has 1 aliphatic heterocycles. The molecule has 1 fully saturated rings. The van der Waals surface area contributed by atoms with E-state index in [-0.39, 0.29) is 6.54 Å². The summed E-state index contributed by atoms with van der Waals surface area (Å²) in [5.41, 5.74) is -0.306. The fourth-order valence-electron chi connectivity index (χ4n) is 2.38. The molecule has 1 heterocycles. The molecule has 0 saturated carbocycles. The summed E-state index contributed by atoms with van der Waals surface area (Å²) in [5, 5.41) is 0. The average Bonchev–Trinajstić information content (AvgIpc) is 2.42. The largest absolute Gasteiger partial charge is 0.511 e. The van der Waals surface area contributed by atoms with E-state index in [1.807, 2.05) is 0 Å². The number of carbonyl (C=O) groups is 2. The zero-order chi connectivity index (χ0) is 18.0. The zero-order valence-corrected chi connectivity index (χ0v) is 13.6. The molecule has 1 rings (SSSR count). The number of nitrogens with one attached hydrogen (secondary N) is 1. The van der Waals surface area contributed by atoms with Gasteiger partial charge in [0, 0.05) is 6.54 Å². The molecule has 2 amide bonds. The summed E-state index contributed by atoms with van der Waals surface area (Å²) in [6, 6.07) is -2.56. The van der Waals surface area contributed by atoms with Gasteiger partial charge in [0.2, 0.25) is 11.8 Å². The summed E-state index contributed by atoms with van der Waals surface area (Å²) in [4.78, 5) is 25.0. The number of alkyl halides is 3. The number of primary amides is 1. The molecule has 11 heteroatoms. The maximum absolute atomic E-state index is 12.5. The monoisotopic (exact) mass is 359 g/mol. The van der Waals surface area contributed by atoms with Gasteiger partial charge in [-0.15, -0.1) is 0 Å². The number of hydrogen-bond acceptors (Lipinski definition) is 4. The molecule has 23 heavy (non-hydrogen) atoms. The summed E-state index contributed by atoms with van der Waals surface area (Å²) >= 11 is 0. The van der Waals surface area contributed by atoms with Crippen LogP contribution in [0.25, 0.3) is 0 Å². The third-order valence-corrected chi connectivity index (χ3v) is 4.81. The molecule has 2 atom stereocenters. The van der Waals surface area contributed by atoms with Crippen molar-refractivity contribution in [2.75, 3.05) is 6.54 Å². The highest BCUT2D eigenvalue weighted by molar-refractivity contribution is 7.90. The lowest BCUT2D eigenvalue weighted by Crippen LogP contribution is -2.59. The maximum Gasteiger partial charge on any atom is 0.511 e. The molecule has 1 aliphatic rings. The van der Waals surface area contributed by atoms with Crippen molar-refractivity contribution in [2.24, 2.45) is 11.7 Å². The second kappa shape index (κ2) is 7.04. The molecule has 0 aromatic rings. The van der Waals surface area contributed by atoms with Crippen LogP contribution >= 0.6 is 0 Å². The molecular weight excluding hydrogens is 339 g/mol. The van der Waals surface area contributed by atoms with Crippen molar-refractivity contribution in [1.82, 2.24) is 9.62 Å². The molecule has 7 nitrogen and oxygen atoms in total. The van der Waals surface area contributed by atoms with Crippen LogP contribution in [0.15, 0.2) is 0 Å². The van der Waals surface area contributed by atoms with E-state index in [0.717, 1.165) is 4.90 Å². The van der Waals surface area contributed by atoms with Crippen LogP contribution in [0.3, 0.4) is 0 Å². The smallest absolute Gasteiger partial charge is 0.368 e. The van der Waals surface area contributed by atoms with Crippen LogP contribution in [0.1, 0.15) is 33.1 Å². The van der Waals surface area contributed by atoms with Crippen LogP contribution in [-0.4, -0.2) is 49.3 Å². The molecule has 1 unspecified atom stereocenters. The van der Waals surface area contributed by atoms with Crippen molar-refractivity contribution in [3.05, 3.63) is 0 Å². The molecule has 0 aromatic carbocycles. The van der Waals surface area contributed by atoms with E-state index < -0.39 is 45.3 Å². The molecular formula is C12H20F3N3O4S. The van der Waals surface area contributed by atoms with Gasteiger partial charge in [0.05, 0.1) is 0 Å². The van der Waals surface area contributed by atoms with Crippen LogP contribution < -0.4 is 10.5 Å².